The minimum absolute atomic E-state index is 0.144. The summed E-state index contributed by atoms with van der Waals surface area (Å²) in [6, 6.07) is 17.3. The van der Waals surface area contributed by atoms with Gasteiger partial charge in [0.05, 0.1) is 14.2 Å². The van der Waals surface area contributed by atoms with Crippen molar-refractivity contribution in [3.63, 3.8) is 0 Å². The van der Waals surface area contributed by atoms with E-state index in [2.05, 4.69) is 71.7 Å². The van der Waals surface area contributed by atoms with E-state index < -0.39 is 0 Å². The van der Waals surface area contributed by atoms with E-state index in [0.29, 0.717) is 0 Å². The van der Waals surface area contributed by atoms with Crippen molar-refractivity contribution in [1.29, 1.82) is 0 Å². The SMILES string of the molecule is COc1ccc(CN2CNC3(CCC(c4ccccc4)(N(C)C)CC3)C2)cc1OC. The van der Waals surface area contributed by atoms with Gasteiger partial charge in [0.15, 0.2) is 11.5 Å². The summed E-state index contributed by atoms with van der Waals surface area (Å²) in [5.74, 6) is 1.58. The zero-order valence-electron chi connectivity index (χ0n) is 18.8. The number of hydrogen-bond donors (Lipinski definition) is 1. The first-order chi connectivity index (χ1) is 14.5. The molecular formula is C25H35N3O2. The van der Waals surface area contributed by atoms with Crippen molar-refractivity contribution in [2.24, 2.45) is 0 Å². The average Bonchev–Trinajstić information content (AvgIpc) is 3.16. The zero-order chi connectivity index (χ0) is 21.2. The van der Waals surface area contributed by atoms with E-state index in [-0.39, 0.29) is 11.1 Å². The zero-order valence-corrected chi connectivity index (χ0v) is 18.8. The Bertz CT molecular complexity index is 845. The number of ether oxygens (including phenoxy) is 2. The van der Waals surface area contributed by atoms with E-state index in [0.717, 1.165) is 31.3 Å². The Balaban J connectivity index is 1.42. The maximum atomic E-state index is 5.47. The smallest absolute Gasteiger partial charge is 0.161 e. The molecule has 30 heavy (non-hydrogen) atoms. The summed E-state index contributed by atoms with van der Waals surface area (Å²) >= 11 is 0. The van der Waals surface area contributed by atoms with E-state index in [1.165, 1.54) is 36.8 Å². The molecule has 1 saturated heterocycles. The van der Waals surface area contributed by atoms with E-state index in [9.17, 15) is 0 Å². The highest BCUT2D eigenvalue weighted by Crippen LogP contribution is 2.45. The molecule has 0 unspecified atom stereocenters. The van der Waals surface area contributed by atoms with Gasteiger partial charge in [-0.05, 0) is 63.0 Å². The molecule has 1 aliphatic carbocycles. The van der Waals surface area contributed by atoms with Crippen LogP contribution in [0.2, 0.25) is 0 Å². The maximum Gasteiger partial charge on any atom is 0.161 e. The van der Waals surface area contributed by atoms with Gasteiger partial charge < -0.3 is 9.47 Å². The van der Waals surface area contributed by atoms with Crippen LogP contribution in [0.3, 0.4) is 0 Å². The van der Waals surface area contributed by atoms with Crippen LogP contribution in [0.15, 0.2) is 48.5 Å². The Morgan fingerprint density at radius 3 is 2.27 bits per heavy atom. The minimum Gasteiger partial charge on any atom is -0.493 e. The Kier molecular flexibility index (Phi) is 6.05. The van der Waals surface area contributed by atoms with Gasteiger partial charge in [0.25, 0.3) is 0 Å². The lowest BCUT2D eigenvalue weighted by atomic mass is 9.69. The Labute approximate surface area is 181 Å². The summed E-state index contributed by atoms with van der Waals surface area (Å²) in [5.41, 5.74) is 3.08. The van der Waals surface area contributed by atoms with Crippen molar-refractivity contribution in [3.05, 3.63) is 59.7 Å². The van der Waals surface area contributed by atoms with Gasteiger partial charge in [-0.3, -0.25) is 15.1 Å². The lowest BCUT2D eigenvalue weighted by Crippen LogP contribution is -2.53. The Morgan fingerprint density at radius 1 is 0.933 bits per heavy atom. The molecule has 2 aromatic rings. The molecule has 1 heterocycles. The van der Waals surface area contributed by atoms with E-state index in [1.54, 1.807) is 14.2 Å². The molecule has 2 aromatic carbocycles. The first-order valence-corrected chi connectivity index (χ1v) is 10.9. The van der Waals surface area contributed by atoms with Gasteiger partial charge in [0, 0.05) is 30.8 Å². The van der Waals surface area contributed by atoms with Crippen LogP contribution < -0.4 is 14.8 Å². The van der Waals surface area contributed by atoms with Crippen molar-refractivity contribution in [2.45, 2.75) is 43.3 Å². The van der Waals surface area contributed by atoms with E-state index in [4.69, 9.17) is 9.47 Å². The van der Waals surface area contributed by atoms with Crippen LogP contribution >= 0.6 is 0 Å². The van der Waals surface area contributed by atoms with Gasteiger partial charge in [-0.25, -0.2) is 0 Å². The summed E-state index contributed by atoms with van der Waals surface area (Å²) in [6.07, 6.45) is 4.76. The quantitative estimate of drug-likeness (QED) is 0.785. The molecule has 5 heteroatoms. The first-order valence-electron chi connectivity index (χ1n) is 10.9. The van der Waals surface area contributed by atoms with Gasteiger partial charge in [-0.2, -0.15) is 0 Å². The summed E-state index contributed by atoms with van der Waals surface area (Å²) in [6.45, 7) is 2.96. The standard InChI is InChI=1S/C25H35N3O2/c1-27(2)25(21-8-6-5-7-9-21)14-12-24(13-15-25)18-28(19-26-24)17-20-10-11-22(29-3)23(16-20)30-4/h5-11,16,26H,12-15,17-19H2,1-4H3. The van der Waals surface area contributed by atoms with Gasteiger partial charge in [0.1, 0.15) is 0 Å². The molecule has 1 spiro atoms. The fourth-order valence-corrected chi connectivity index (χ4v) is 5.39. The normalized spacial score (nSPS) is 27.0. The fourth-order valence-electron chi connectivity index (χ4n) is 5.39. The predicted octanol–water partition coefficient (Wildman–Crippen LogP) is 3.84. The van der Waals surface area contributed by atoms with Crippen LogP contribution in [0.25, 0.3) is 0 Å². The molecule has 0 radical (unpaired) electrons. The summed E-state index contributed by atoms with van der Waals surface area (Å²) in [4.78, 5) is 4.96. The Hall–Kier alpha value is -2.08. The van der Waals surface area contributed by atoms with Crippen molar-refractivity contribution in [3.8, 4) is 11.5 Å². The third-order valence-electron chi connectivity index (χ3n) is 7.26. The third kappa shape index (κ3) is 3.94. The predicted molar refractivity (Wildman–Crippen MR) is 121 cm³/mol. The molecule has 1 N–H and O–H groups in total. The summed E-state index contributed by atoms with van der Waals surface area (Å²) < 4.78 is 10.8. The van der Waals surface area contributed by atoms with Crippen LogP contribution in [0.4, 0.5) is 0 Å². The van der Waals surface area contributed by atoms with Gasteiger partial charge in [-0.15, -0.1) is 0 Å². The molecule has 0 amide bonds. The maximum absolute atomic E-state index is 5.47. The molecule has 0 bridgehead atoms. The van der Waals surface area contributed by atoms with Gasteiger partial charge >= 0.3 is 0 Å². The number of rotatable bonds is 6. The second kappa shape index (κ2) is 8.58. The van der Waals surface area contributed by atoms with Crippen LogP contribution in [-0.4, -0.2) is 56.9 Å². The molecule has 1 aliphatic heterocycles. The second-order valence-corrected chi connectivity index (χ2v) is 9.08. The number of methoxy groups -OCH3 is 2. The highest BCUT2D eigenvalue weighted by atomic mass is 16.5. The fraction of sp³-hybridized carbons (Fsp3) is 0.520. The van der Waals surface area contributed by atoms with E-state index >= 15 is 0 Å². The summed E-state index contributed by atoms with van der Waals surface area (Å²) in [7, 11) is 7.84. The first kappa shape index (κ1) is 21.2. The minimum atomic E-state index is 0.144. The molecule has 4 rings (SSSR count). The molecule has 5 nitrogen and oxygen atoms in total. The number of nitrogens with one attached hydrogen (secondary N) is 1. The number of nitrogens with zero attached hydrogens (tertiary/aromatic N) is 2. The molecular weight excluding hydrogens is 374 g/mol. The third-order valence-corrected chi connectivity index (χ3v) is 7.26. The van der Waals surface area contributed by atoms with Crippen LogP contribution in [0.5, 0.6) is 11.5 Å². The van der Waals surface area contributed by atoms with Crippen LogP contribution in [0.1, 0.15) is 36.8 Å². The molecule has 1 saturated carbocycles. The number of benzene rings is 2. The van der Waals surface area contributed by atoms with Gasteiger partial charge in [-0.1, -0.05) is 36.4 Å². The summed E-state index contributed by atoms with van der Waals surface area (Å²) in [5, 5.41) is 3.87. The largest absolute Gasteiger partial charge is 0.493 e. The molecule has 0 atom stereocenters. The topological polar surface area (TPSA) is 37.0 Å². The lowest BCUT2D eigenvalue weighted by Gasteiger charge is -2.49. The monoisotopic (exact) mass is 409 g/mol. The second-order valence-electron chi connectivity index (χ2n) is 9.08. The molecule has 0 aromatic heterocycles. The molecule has 162 valence electrons. The van der Waals surface area contributed by atoms with Crippen molar-refractivity contribution in [1.82, 2.24) is 15.1 Å². The van der Waals surface area contributed by atoms with Crippen LogP contribution in [-0.2, 0) is 12.1 Å². The number of hydrogen-bond acceptors (Lipinski definition) is 5. The average molecular weight is 410 g/mol. The van der Waals surface area contributed by atoms with Crippen molar-refractivity contribution < 1.29 is 9.47 Å². The van der Waals surface area contributed by atoms with Crippen molar-refractivity contribution in [2.75, 3.05) is 41.5 Å². The highest BCUT2D eigenvalue weighted by molar-refractivity contribution is 5.42. The van der Waals surface area contributed by atoms with E-state index in [1.807, 2.05) is 6.07 Å². The Morgan fingerprint density at radius 2 is 1.63 bits per heavy atom. The van der Waals surface area contributed by atoms with Crippen LogP contribution in [0, 0.1) is 0 Å². The molecule has 2 aliphatic rings. The van der Waals surface area contributed by atoms with Crippen molar-refractivity contribution >= 4 is 0 Å². The lowest BCUT2D eigenvalue weighted by molar-refractivity contribution is 0.0616. The van der Waals surface area contributed by atoms with Gasteiger partial charge in [0.2, 0.25) is 0 Å². The highest BCUT2D eigenvalue weighted by Gasteiger charge is 2.47. The molecule has 2 fully saturated rings.